The zero-order valence-corrected chi connectivity index (χ0v) is 12.4. The van der Waals surface area contributed by atoms with Crippen molar-refractivity contribution in [3.8, 4) is 0 Å². The second kappa shape index (κ2) is 5.13. The van der Waals surface area contributed by atoms with Crippen LogP contribution in [0.15, 0.2) is 23.1 Å². The molecule has 0 aromatic heterocycles. The molecule has 1 amide bonds. The van der Waals surface area contributed by atoms with Crippen molar-refractivity contribution in [1.29, 1.82) is 0 Å². The molecule has 1 aromatic carbocycles. The van der Waals surface area contributed by atoms with Gasteiger partial charge in [-0.1, -0.05) is 0 Å². The third-order valence-corrected chi connectivity index (χ3v) is 4.06. The molecule has 104 valence electrons. The quantitative estimate of drug-likeness (QED) is 0.799. The van der Waals surface area contributed by atoms with Crippen LogP contribution in [0, 0.1) is 5.82 Å². The van der Waals surface area contributed by atoms with E-state index in [9.17, 15) is 9.18 Å². The maximum atomic E-state index is 13.8. The van der Waals surface area contributed by atoms with E-state index >= 15 is 0 Å². The number of carbonyl (C=O) groups is 1. The first-order valence-corrected chi connectivity index (χ1v) is 6.75. The van der Waals surface area contributed by atoms with Crippen LogP contribution < -0.4 is 0 Å². The van der Waals surface area contributed by atoms with E-state index in [1.165, 1.54) is 12.1 Å². The van der Waals surface area contributed by atoms with Crippen molar-refractivity contribution in [3.05, 3.63) is 29.6 Å². The van der Waals surface area contributed by atoms with E-state index in [1.807, 2.05) is 7.05 Å². The predicted molar refractivity (Wildman–Crippen MR) is 76.3 cm³/mol. The molecule has 0 radical (unpaired) electrons. The zero-order valence-electron chi connectivity index (χ0n) is 11.5. The number of amides is 1. The molecule has 0 atom stereocenters. The molecule has 2 rings (SSSR count). The van der Waals surface area contributed by atoms with E-state index in [1.54, 1.807) is 11.0 Å². The van der Waals surface area contributed by atoms with Crippen molar-refractivity contribution in [2.45, 2.75) is 24.3 Å². The molecule has 1 fully saturated rings. The molecule has 0 aliphatic carbocycles. The van der Waals surface area contributed by atoms with Gasteiger partial charge in [-0.15, -0.1) is 12.6 Å². The smallest absolute Gasteiger partial charge is 0.256 e. The molecule has 19 heavy (non-hydrogen) atoms. The topological polar surface area (TPSA) is 23.6 Å². The largest absolute Gasteiger partial charge is 0.335 e. The Hall–Kier alpha value is -1.07. The molecule has 3 nitrogen and oxygen atoms in total. The van der Waals surface area contributed by atoms with Gasteiger partial charge < -0.3 is 4.90 Å². The fraction of sp³-hybridized carbons (Fsp3) is 0.500. The highest BCUT2D eigenvalue weighted by atomic mass is 32.1. The van der Waals surface area contributed by atoms with Gasteiger partial charge in [-0.3, -0.25) is 9.69 Å². The summed E-state index contributed by atoms with van der Waals surface area (Å²) in [5, 5.41) is 0. The first-order chi connectivity index (χ1) is 8.81. The summed E-state index contributed by atoms with van der Waals surface area (Å²) < 4.78 is 13.8. The third-order valence-electron chi connectivity index (χ3n) is 3.78. The number of thiol groups is 1. The fourth-order valence-corrected chi connectivity index (χ4v) is 2.46. The first-order valence-electron chi connectivity index (χ1n) is 6.30. The number of nitrogens with zero attached hydrogens (tertiary/aromatic N) is 2. The highest BCUT2D eigenvalue weighted by Gasteiger charge is 2.34. The predicted octanol–water partition coefficient (Wildman–Crippen LogP) is 2.28. The molecule has 1 aliphatic heterocycles. The Morgan fingerprint density at radius 2 is 2.05 bits per heavy atom. The van der Waals surface area contributed by atoms with Gasteiger partial charge in [-0.2, -0.15) is 0 Å². The third kappa shape index (κ3) is 2.92. The SMILES string of the molecule is CN1CCN(C(=O)c2cc(S)ccc2F)CC1(C)C. The van der Waals surface area contributed by atoms with E-state index in [0.29, 0.717) is 18.0 Å². The van der Waals surface area contributed by atoms with Gasteiger partial charge in [0.05, 0.1) is 5.56 Å². The number of rotatable bonds is 1. The minimum atomic E-state index is -0.487. The van der Waals surface area contributed by atoms with Crippen molar-refractivity contribution in [2.75, 3.05) is 26.7 Å². The summed E-state index contributed by atoms with van der Waals surface area (Å²) in [6, 6.07) is 4.33. The molecule has 1 aliphatic rings. The van der Waals surface area contributed by atoms with Crippen LogP contribution in [-0.4, -0.2) is 47.9 Å². The second-order valence-corrected chi connectivity index (χ2v) is 6.14. The summed E-state index contributed by atoms with van der Waals surface area (Å²) in [5.41, 5.74) is 0.0102. The van der Waals surface area contributed by atoms with Crippen molar-refractivity contribution in [3.63, 3.8) is 0 Å². The minimum absolute atomic E-state index is 0.0943. The lowest BCUT2D eigenvalue weighted by Gasteiger charge is -2.45. The maximum Gasteiger partial charge on any atom is 0.256 e. The van der Waals surface area contributed by atoms with Gasteiger partial charge in [-0.05, 0) is 39.1 Å². The molecule has 0 N–H and O–H groups in total. The molecule has 1 heterocycles. The van der Waals surface area contributed by atoms with E-state index in [-0.39, 0.29) is 17.0 Å². The number of likely N-dealkylation sites (N-methyl/N-ethyl adjacent to an activating group) is 1. The molecule has 0 unspecified atom stereocenters. The monoisotopic (exact) mass is 282 g/mol. The van der Waals surface area contributed by atoms with Crippen LogP contribution in [0.2, 0.25) is 0 Å². The normalized spacial score (nSPS) is 19.5. The number of benzene rings is 1. The summed E-state index contributed by atoms with van der Waals surface area (Å²) in [6.45, 7) is 6.17. The number of piperazine rings is 1. The molecule has 0 spiro atoms. The van der Waals surface area contributed by atoms with Crippen LogP contribution in [0.4, 0.5) is 4.39 Å². The van der Waals surface area contributed by atoms with Crippen molar-refractivity contribution >= 4 is 18.5 Å². The van der Waals surface area contributed by atoms with Crippen LogP contribution in [0.5, 0.6) is 0 Å². The molecule has 0 saturated carbocycles. The summed E-state index contributed by atoms with van der Waals surface area (Å²) in [6.07, 6.45) is 0. The summed E-state index contributed by atoms with van der Waals surface area (Å²) in [7, 11) is 2.04. The van der Waals surface area contributed by atoms with Gasteiger partial charge in [0, 0.05) is 30.1 Å². The Morgan fingerprint density at radius 1 is 1.37 bits per heavy atom. The van der Waals surface area contributed by atoms with Crippen molar-refractivity contribution in [2.24, 2.45) is 0 Å². The van der Waals surface area contributed by atoms with Crippen LogP contribution in [-0.2, 0) is 0 Å². The minimum Gasteiger partial charge on any atom is -0.335 e. The van der Waals surface area contributed by atoms with Crippen LogP contribution >= 0.6 is 12.6 Å². The zero-order chi connectivity index (χ0) is 14.2. The highest BCUT2D eigenvalue weighted by molar-refractivity contribution is 7.80. The fourth-order valence-electron chi connectivity index (χ4n) is 2.26. The average Bonchev–Trinajstić information content (AvgIpc) is 2.35. The highest BCUT2D eigenvalue weighted by Crippen LogP contribution is 2.22. The molecule has 5 heteroatoms. The summed E-state index contributed by atoms with van der Waals surface area (Å²) >= 11 is 4.16. The standard InChI is InChI=1S/C14H19FN2OS/c1-14(2)9-17(7-6-16(14)3)13(18)11-8-10(19)4-5-12(11)15/h4-5,8,19H,6-7,9H2,1-3H3. The number of carbonyl (C=O) groups excluding carboxylic acids is 1. The van der Waals surface area contributed by atoms with E-state index in [2.05, 4.69) is 31.4 Å². The Balaban J connectivity index is 2.23. The molecule has 1 saturated heterocycles. The molecular formula is C14H19FN2OS. The van der Waals surface area contributed by atoms with Crippen LogP contribution in [0.25, 0.3) is 0 Å². The van der Waals surface area contributed by atoms with Gasteiger partial charge in [0.15, 0.2) is 0 Å². The van der Waals surface area contributed by atoms with Gasteiger partial charge >= 0.3 is 0 Å². The van der Waals surface area contributed by atoms with Gasteiger partial charge in [0.1, 0.15) is 5.82 Å². The van der Waals surface area contributed by atoms with Crippen molar-refractivity contribution in [1.82, 2.24) is 9.80 Å². The Labute approximate surface area is 118 Å². The number of hydrogen-bond donors (Lipinski definition) is 1. The molecule has 0 bridgehead atoms. The van der Waals surface area contributed by atoms with Crippen LogP contribution in [0.1, 0.15) is 24.2 Å². The Morgan fingerprint density at radius 3 is 2.68 bits per heavy atom. The Kier molecular flexibility index (Phi) is 3.87. The molecule has 1 aromatic rings. The summed E-state index contributed by atoms with van der Waals surface area (Å²) in [4.78, 5) is 16.9. The van der Waals surface area contributed by atoms with E-state index in [0.717, 1.165) is 6.54 Å². The van der Waals surface area contributed by atoms with E-state index in [4.69, 9.17) is 0 Å². The van der Waals surface area contributed by atoms with Gasteiger partial charge in [-0.25, -0.2) is 4.39 Å². The maximum absolute atomic E-state index is 13.8. The lowest BCUT2D eigenvalue weighted by Crippen LogP contribution is -2.58. The summed E-state index contributed by atoms with van der Waals surface area (Å²) in [5.74, 6) is -0.742. The lowest BCUT2D eigenvalue weighted by atomic mass is 9.99. The lowest BCUT2D eigenvalue weighted by molar-refractivity contribution is 0.0308. The molecular weight excluding hydrogens is 263 g/mol. The van der Waals surface area contributed by atoms with E-state index < -0.39 is 5.82 Å². The number of halogens is 1. The van der Waals surface area contributed by atoms with Gasteiger partial charge in [0.2, 0.25) is 0 Å². The second-order valence-electron chi connectivity index (χ2n) is 5.62. The van der Waals surface area contributed by atoms with Crippen molar-refractivity contribution < 1.29 is 9.18 Å². The number of hydrogen-bond acceptors (Lipinski definition) is 3. The average molecular weight is 282 g/mol. The van der Waals surface area contributed by atoms with Crippen LogP contribution in [0.3, 0.4) is 0 Å². The van der Waals surface area contributed by atoms with Gasteiger partial charge in [0.25, 0.3) is 5.91 Å². The first kappa shape index (κ1) is 14.3. The Bertz CT molecular complexity index is 504.